The molecule has 2 unspecified atom stereocenters. The summed E-state index contributed by atoms with van der Waals surface area (Å²) in [4.78, 5) is 23.1. The second kappa shape index (κ2) is 10.9. The smallest absolute Gasteiger partial charge is 0.221 e. The van der Waals surface area contributed by atoms with Gasteiger partial charge in [-0.05, 0) is 25.2 Å². The van der Waals surface area contributed by atoms with Crippen LogP contribution in [-0.2, 0) is 9.59 Å². The van der Waals surface area contributed by atoms with Crippen LogP contribution in [0.1, 0.15) is 51.9 Å². The van der Waals surface area contributed by atoms with Gasteiger partial charge in [-0.3, -0.25) is 9.59 Å². The molecule has 1 aliphatic carbocycles. The number of hydrogen-bond acceptors (Lipinski definition) is 3. The number of carbonyl (C=O) groups is 2. The van der Waals surface area contributed by atoms with Crippen molar-refractivity contribution in [3.63, 3.8) is 0 Å². The Labute approximate surface area is 127 Å². The summed E-state index contributed by atoms with van der Waals surface area (Å²) in [7, 11) is 0. The van der Waals surface area contributed by atoms with Gasteiger partial charge in [0.2, 0.25) is 11.8 Å². The second-order valence-corrected chi connectivity index (χ2v) is 5.36. The van der Waals surface area contributed by atoms with Crippen LogP contribution in [0.4, 0.5) is 0 Å². The quantitative estimate of drug-likeness (QED) is 0.664. The molecule has 0 aliphatic heterocycles. The van der Waals surface area contributed by atoms with Gasteiger partial charge < -0.3 is 16.4 Å². The van der Waals surface area contributed by atoms with E-state index in [9.17, 15) is 9.59 Å². The molecule has 4 N–H and O–H groups in total. The number of halogens is 1. The van der Waals surface area contributed by atoms with Crippen molar-refractivity contribution >= 4 is 24.2 Å². The zero-order chi connectivity index (χ0) is 14.1. The van der Waals surface area contributed by atoms with Crippen LogP contribution in [0.15, 0.2) is 0 Å². The van der Waals surface area contributed by atoms with Crippen molar-refractivity contribution in [2.75, 3.05) is 13.1 Å². The summed E-state index contributed by atoms with van der Waals surface area (Å²) in [5.41, 5.74) is 6.01. The number of rotatable bonds is 7. The van der Waals surface area contributed by atoms with Crippen molar-refractivity contribution in [3.8, 4) is 0 Å². The molecule has 6 heteroatoms. The van der Waals surface area contributed by atoms with E-state index in [2.05, 4.69) is 10.6 Å². The lowest BCUT2D eigenvalue weighted by atomic mass is 9.83. The van der Waals surface area contributed by atoms with Gasteiger partial charge in [0.15, 0.2) is 0 Å². The molecule has 2 atom stereocenters. The molecule has 5 nitrogen and oxygen atoms in total. The van der Waals surface area contributed by atoms with Gasteiger partial charge in [0.05, 0.1) is 0 Å². The molecular weight excluding hydrogens is 278 g/mol. The topological polar surface area (TPSA) is 84.2 Å². The molecule has 1 saturated carbocycles. The Kier molecular flexibility index (Phi) is 10.5. The van der Waals surface area contributed by atoms with Gasteiger partial charge in [-0.15, -0.1) is 12.4 Å². The third-order valence-corrected chi connectivity index (χ3v) is 3.66. The molecule has 0 spiro atoms. The van der Waals surface area contributed by atoms with E-state index in [0.29, 0.717) is 31.8 Å². The highest BCUT2D eigenvalue weighted by atomic mass is 35.5. The Morgan fingerprint density at radius 3 is 2.40 bits per heavy atom. The molecule has 0 saturated heterocycles. The molecule has 2 amide bonds. The summed E-state index contributed by atoms with van der Waals surface area (Å²) >= 11 is 0. The first-order valence-corrected chi connectivity index (χ1v) is 7.42. The average molecular weight is 306 g/mol. The largest absolute Gasteiger partial charge is 0.356 e. The third-order valence-electron chi connectivity index (χ3n) is 3.66. The van der Waals surface area contributed by atoms with Gasteiger partial charge >= 0.3 is 0 Å². The maximum Gasteiger partial charge on any atom is 0.221 e. The number of nitrogens with two attached hydrogens (primary N) is 1. The van der Waals surface area contributed by atoms with Gasteiger partial charge in [-0.25, -0.2) is 0 Å². The van der Waals surface area contributed by atoms with E-state index >= 15 is 0 Å². The monoisotopic (exact) mass is 305 g/mol. The Hall–Kier alpha value is -0.810. The van der Waals surface area contributed by atoms with Gasteiger partial charge in [0.25, 0.3) is 0 Å². The number of hydrogen-bond donors (Lipinski definition) is 3. The molecule has 1 fully saturated rings. The highest BCUT2D eigenvalue weighted by Gasteiger charge is 2.23. The van der Waals surface area contributed by atoms with Crippen LogP contribution in [0.2, 0.25) is 0 Å². The predicted molar refractivity (Wildman–Crippen MR) is 82.7 cm³/mol. The fourth-order valence-electron chi connectivity index (χ4n) is 2.47. The van der Waals surface area contributed by atoms with E-state index in [4.69, 9.17) is 5.73 Å². The lowest BCUT2D eigenvalue weighted by Gasteiger charge is -2.27. The second-order valence-electron chi connectivity index (χ2n) is 5.36. The molecule has 1 rings (SSSR count). The first-order chi connectivity index (χ1) is 9.13. The molecule has 0 aromatic heterocycles. The minimum Gasteiger partial charge on any atom is -0.356 e. The molecule has 118 valence electrons. The summed E-state index contributed by atoms with van der Waals surface area (Å²) in [5.74, 6) is 0.324. The number of carbonyl (C=O) groups excluding carboxylic acids is 2. The van der Waals surface area contributed by atoms with E-state index in [0.717, 1.165) is 19.3 Å². The molecule has 20 heavy (non-hydrogen) atoms. The summed E-state index contributed by atoms with van der Waals surface area (Å²) in [6, 6.07) is 0.160. The van der Waals surface area contributed by atoms with Crippen molar-refractivity contribution in [2.24, 2.45) is 11.7 Å². The summed E-state index contributed by atoms with van der Waals surface area (Å²) in [6.07, 6.45) is 6.20. The van der Waals surface area contributed by atoms with Crippen LogP contribution in [0.3, 0.4) is 0 Å². The standard InChI is InChI=1S/C14H27N3O2.ClH/c1-2-8-16-13(18)7-9-17-14(19)10-11-5-3-4-6-12(11)15;/h11-12H,2-10,15H2,1H3,(H,16,18)(H,17,19);1H. The minimum absolute atomic E-state index is 0. The van der Waals surface area contributed by atoms with Crippen LogP contribution in [0, 0.1) is 5.92 Å². The Bertz CT molecular complexity index is 300. The van der Waals surface area contributed by atoms with Crippen LogP contribution < -0.4 is 16.4 Å². The van der Waals surface area contributed by atoms with Gasteiger partial charge in [-0.1, -0.05) is 19.8 Å². The molecule has 1 aliphatic rings. The SMILES string of the molecule is CCCNC(=O)CCNC(=O)CC1CCCCC1N.Cl. The average Bonchev–Trinajstić information content (AvgIpc) is 2.39. The molecular formula is C14H28ClN3O2. The maximum atomic E-state index is 11.8. The van der Waals surface area contributed by atoms with Crippen molar-refractivity contribution < 1.29 is 9.59 Å². The lowest BCUT2D eigenvalue weighted by molar-refractivity contribution is -0.123. The first kappa shape index (κ1) is 19.2. The van der Waals surface area contributed by atoms with Crippen molar-refractivity contribution in [1.82, 2.24) is 10.6 Å². The Morgan fingerprint density at radius 2 is 1.75 bits per heavy atom. The fourth-order valence-corrected chi connectivity index (χ4v) is 2.47. The van der Waals surface area contributed by atoms with Gasteiger partial charge in [0, 0.05) is 32.0 Å². The molecule has 0 aromatic rings. The maximum absolute atomic E-state index is 11.8. The first-order valence-electron chi connectivity index (χ1n) is 7.42. The summed E-state index contributed by atoms with van der Waals surface area (Å²) in [5, 5.41) is 5.59. The minimum atomic E-state index is -0.00322. The number of nitrogens with one attached hydrogen (secondary N) is 2. The van der Waals surface area contributed by atoms with Crippen LogP contribution in [0.5, 0.6) is 0 Å². The van der Waals surface area contributed by atoms with Crippen molar-refractivity contribution in [2.45, 2.75) is 57.9 Å². The highest BCUT2D eigenvalue weighted by Crippen LogP contribution is 2.25. The molecule has 0 bridgehead atoms. The third kappa shape index (κ3) is 7.70. The molecule has 0 heterocycles. The zero-order valence-electron chi connectivity index (χ0n) is 12.3. The van der Waals surface area contributed by atoms with Crippen molar-refractivity contribution in [3.05, 3.63) is 0 Å². The molecule has 0 aromatic carbocycles. The lowest BCUT2D eigenvalue weighted by Crippen LogP contribution is -2.38. The Balaban J connectivity index is 0.00000361. The van der Waals surface area contributed by atoms with Crippen LogP contribution in [0.25, 0.3) is 0 Å². The Morgan fingerprint density at radius 1 is 1.10 bits per heavy atom. The normalized spacial score (nSPS) is 21.7. The van der Waals surface area contributed by atoms with E-state index in [-0.39, 0.29) is 30.3 Å². The van der Waals surface area contributed by atoms with Crippen LogP contribution in [-0.4, -0.2) is 30.9 Å². The van der Waals surface area contributed by atoms with E-state index in [1.807, 2.05) is 6.92 Å². The molecule has 0 radical (unpaired) electrons. The number of amides is 2. The zero-order valence-corrected chi connectivity index (χ0v) is 13.1. The highest BCUT2D eigenvalue weighted by molar-refractivity contribution is 5.85. The van der Waals surface area contributed by atoms with E-state index in [1.54, 1.807) is 0 Å². The van der Waals surface area contributed by atoms with E-state index in [1.165, 1.54) is 12.8 Å². The van der Waals surface area contributed by atoms with E-state index < -0.39 is 0 Å². The fraction of sp³-hybridized carbons (Fsp3) is 0.857. The van der Waals surface area contributed by atoms with Crippen LogP contribution >= 0.6 is 12.4 Å². The van der Waals surface area contributed by atoms with Gasteiger partial charge in [0.1, 0.15) is 0 Å². The van der Waals surface area contributed by atoms with Crippen molar-refractivity contribution in [1.29, 1.82) is 0 Å². The summed E-state index contributed by atoms with van der Waals surface area (Å²) < 4.78 is 0. The predicted octanol–water partition coefficient (Wildman–Crippen LogP) is 1.35. The van der Waals surface area contributed by atoms with Gasteiger partial charge in [-0.2, -0.15) is 0 Å². The summed E-state index contributed by atoms with van der Waals surface area (Å²) in [6.45, 7) is 3.12.